The molecule has 0 amide bonds. The van der Waals surface area contributed by atoms with Crippen molar-refractivity contribution >= 4 is 65.2 Å². The largest absolute Gasteiger partial charge is 0.159 e. The van der Waals surface area contributed by atoms with E-state index in [0.29, 0.717) is 35.5 Å². The van der Waals surface area contributed by atoms with Crippen LogP contribution in [0.3, 0.4) is 0 Å². The molecule has 6 heterocycles. The minimum Gasteiger partial charge on any atom is -0.159 e. The Balaban J connectivity index is 0.000000136. The molecule has 0 unspecified atom stereocenters. The first-order chi connectivity index (χ1) is 37.7. The fourth-order valence-corrected chi connectivity index (χ4v) is 8.70. The standard InChI is InChI=1S/6C11H12N2/c1-8(2)9-3-4-10-6-12-13-7-11(10)5-9;1-8(2)9-3-4-11-10(7-9)5-6-12-13-11;1-8(2)10-4-3-9-5-6-12-13-11(9)7-10;1-8(2)10-5-3-4-9-6-12-13-7-11(9)10;1-8(2)9-4-3-5-11-10(9)6-7-12-13-11;1-8(2)10-5-3-4-9-6-7-12-13-11(9)10/h6*3-8H,1-2H3. The van der Waals surface area contributed by atoms with Crippen molar-refractivity contribution in [2.75, 3.05) is 0 Å². The minimum atomic E-state index is 0.500. The maximum Gasteiger partial charge on any atom is 0.0964 e. The summed E-state index contributed by atoms with van der Waals surface area (Å²) in [5.74, 6) is 3.25. The van der Waals surface area contributed by atoms with Gasteiger partial charge in [0.25, 0.3) is 0 Å². The van der Waals surface area contributed by atoms with E-state index in [1.54, 1.807) is 43.4 Å². The van der Waals surface area contributed by atoms with E-state index < -0.39 is 0 Å². The maximum atomic E-state index is 4.15. The molecule has 0 aliphatic carbocycles. The van der Waals surface area contributed by atoms with Gasteiger partial charge in [0.2, 0.25) is 0 Å². The molecule has 0 radical (unpaired) electrons. The van der Waals surface area contributed by atoms with Crippen LogP contribution in [0.25, 0.3) is 65.2 Å². The predicted octanol–water partition coefficient (Wildman–Crippen LogP) is 16.5. The number of hydrogen-bond acceptors (Lipinski definition) is 12. The highest BCUT2D eigenvalue weighted by atomic mass is 15.1. The topological polar surface area (TPSA) is 155 Å². The highest BCUT2D eigenvalue weighted by Crippen LogP contribution is 2.26. The molecule has 0 saturated carbocycles. The summed E-state index contributed by atoms with van der Waals surface area (Å²) in [6.07, 6.45) is 14.2. The molecule has 6 aromatic heterocycles. The third-order valence-electron chi connectivity index (χ3n) is 13.3. The van der Waals surface area contributed by atoms with Crippen molar-refractivity contribution in [1.82, 2.24) is 61.2 Å². The zero-order valence-corrected chi connectivity index (χ0v) is 47.2. The van der Waals surface area contributed by atoms with Gasteiger partial charge in [-0.3, -0.25) is 0 Å². The second-order valence-electron chi connectivity index (χ2n) is 21.0. The van der Waals surface area contributed by atoms with Crippen molar-refractivity contribution in [3.05, 3.63) is 216 Å². The normalized spacial score (nSPS) is 11.0. The van der Waals surface area contributed by atoms with Crippen LogP contribution in [-0.4, -0.2) is 61.2 Å². The summed E-state index contributed by atoms with van der Waals surface area (Å²) < 4.78 is 0. The molecule has 12 rings (SSSR count). The second kappa shape index (κ2) is 27.9. The Morgan fingerprint density at radius 1 is 0.256 bits per heavy atom. The SMILES string of the molecule is CC(C)c1ccc2ccnnc2c1.CC(C)c1ccc2cnncc2c1.CC(C)c1ccc2nnccc2c1.CC(C)c1cccc2ccnnc12.CC(C)c1cccc2cnncc12.CC(C)c1cccc2nnccc12. The lowest BCUT2D eigenvalue weighted by Gasteiger charge is -2.07. The summed E-state index contributed by atoms with van der Waals surface area (Å²) in [7, 11) is 0. The zero-order valence-electron chi connectivity index (χ0n) is 47.2. The summed E-state index contributed by atoms with van der Waals surface area (Å²) in [6, 6.07) is 45.8. The molecule has 0 N–H and O–H groups in total. The van der Waals surface area contributed by atoms with E-state index in [1.165, 1.54) is 65.7 Å². The van der Waals surface area contributed by atoms with Crippen LogP contribution in [0.1, 0.15) is 152 Å². The predicted molar refractivity (Wildman–Crippen MR) is 322 cm³/mol. The molecule has 0 aliphatic rings. The first-order valence-electron chi connectivity index (χ1n) is 26.9. The quantitative estimate of drug-likeness (QED) is 0.156. The fourth-order valence-electron chi connectivity index (χ4n) is 8.70. The van der Waals surface area contributed by atoms with Gasteiger partial charge in [-0.15, -0.1) is 0 Å². The van der Waals surface area contributed by atoms with Crippen molar-refractivity contribution in [3.8, 4) is 0 Å². The molecular weight excluding hydrogens is 961 g/mol. The maximum absolute atomic E-state index is 4.15. The van der Waals surface area contributed by atoms with Crippen LogP contribution < -0.4 is 0 Å². The molecule has 0 fully saturated rings. The van der Waals surface area contributed by atoms with Crippen molar-refractivity contribution in [3.63, 3.8) is 0 Å². The molecular formula is C66H72N12. The van der Waals surface area contributed by atoms with Gasteiger partial charge in [0, 0.05) is 43.1 Å². The Morgan fingerprint density at radius 3 is 1.35 bits per heavy atom. The summed E-state index contributed by atoms with van der Waals surface area (Å²) in [6.45, 7) is 26.2. The number of rotatable bonds is 6. The number of nitrogens with zero attached hydrogens (tertiary/aromatic N) is 12. The van der Waals surface area contributed by atoms with Crippen molar-refractivity contribution in [1.29, 1.82) is 0 Å². The van der Waals surface area contributed by atoms with Crippen LogP contribution >= 0.6 is 0 Å². The van der Waals surface area contributed by atoms with Gasteiger partial charge in [-0.1, -0.05) is 162 Å². The highest BCUT2D eigenvalue weighted by molar-refractivity contribution is 5.85. The van der Waals surface area contributed by atoms with E-state index in [0.717, 1.165) is 32.8 Å². The average Bonchev–Trinajstić information content (AvgIpc) is 3.47. The van der Waals surface area contributed by atoms with Crippen molar-refractivity contribution in [2.24, 2.45) is 0 Å². The third-order valence-corrected chi connectivity index (χ3v) is 13.3. The second-order valence-corrected chi connectivity index (χ2v) is 21.0. The number of aromatic nitrogens is 12. The number of benzene rings is 6. The molecule has 0 bridgehead atoms. The molecule has 0 aliphatic heterocycles. The molecule has 6 aromatic carbocycles. The van der Waals surface area contributed by atoms with Crippen LogP contribution in [0.5, 0.6) is 0 Å². The smallest absolute Gasteiger partial charge is 0.0964 e. The molecule has 12 heteroatoms. The van der Waals surface area contributed by atoms with Crippen LogP contribution in [0, 0.1) is 0 Å². The van der Waals surface area contributed by atoms with E-state index in [4.69, 9.17) is 0 Å². The Morgan fingerprint density at radius 2 is 0.705 bits per heavy atom. The molecule has 78 heavy (non-hydrogen) atoms. The van der Waals surface area contributed by atoms with Gasteiger partial charge in [-0.2, -0.15) is 61.2 Å². The van der Waals surface area contributed by atoms with Crippen LogP contribution in [0.2, 0.25) is 0 Å². The lowest BCUT2D eigenvalue weighted by molar-refractivity contribution is 0.867. The lowest BCUT2D eigenvalue weighted by Crippen LogP contribution is -1.92. The Hall–Kier alpha value is -8.64. The first kappa shape index (κ1) is 57.1. The fraction of sp³-hybridized carbons (Fsp3) is 0.273. The van der Waals surface area contributed by atoms with Gasteiger partial charge in [0.15, 0.2) is 0 Å². The van der Waals surface area contributed by atoms with Gasteiger partial charge < -0.3 is 0 Å². The van der Waals surface area contributed by atoms with Crippen LogP contribution in [0.4, 0.5) is 0 Å². The molecule has 396 valence electrons. The van der Waals surface area contributed by atoms with Crippen molar-refractivity contribution < 1.29 is 0 Å². The minimum absolute atomic E-state index is 0.500. The van der Waals surface area contributed by atoms with Gasteiger partial charge in [-0.25, -0.2) is 0 Å². The summed E-state index contributed by atoms with van der Waals surface area (Å²) >= 11 is 0. The zero-order chi connectivity index (χ0) is 55.6. The Kier molecular flexibility index (Phi) is 20.4. The van der Waals surface area contributed by atoms with Gasteiger partial charge in [0.05, 0.1) is 71.6 Å². The molecule has 12 aromatic rings. The summed E-state index contributed by atoms with van der Waals surface area (Å²) in [4.78, 5) is 0. The van der Waals surface area contributed by atoms with Crippen LogP contribution in [-0.2, 0) is 0 Å². The lowest BCUT2D eigenvalue weighted by atomic mass is 9.98. The molecule has 12 nitrogen and oxygen atoms in total. The molecule has 0 spiro atoms. The van der Waals surface area contributed by atoms with Gasteiger partial charge in [0.1, 0.15) is 0 Å². The van der Waals surface area contributed by atoms with E-state index in [1.807, 2.05) is 48.7 Å². The van der Waals surface area contributed by atoms with Gasteiger partial charge >= 0.3 is 0 Å². The van der Waals surface area contributed by atoms with E-state index >= 15 is 0 Å². The van der Waals surface area contributed by atoms with Crippen molar-refractivity contribution in [2.45, 2.75) is 119 Å². The third kappa shape index (κ3) is 15.5. The number of hydrogen-bond donors (Lipinski definition) is 0. The number of fused-ring (bicyclic) bond motifs is 6. The van der Waals surface area contributed by atoms with E-state index in [-0.39, 0.29) is 0 Å². The Labute approximate surface area is 459 Å². The molecule has 0 atom stereocenters. The molecule has 0 saturated heterocycles. The highest BCUT2D eigenvalue weighted by Gasteiger charge is 2.08. The van der Waals surface area contributed by atoms with Gasteiger partial charge in [-0.05, 0) is 123 Å². The Bertz CT molecular complexity index is 3390. The van der Waals surface area contributed by atoms with E-state index in [2.05, 4.69) is 235 Å². The summed E-state index contributed by atoms with van der Waals surface area (Å²) in [5.41, 5.74) is 11.9. The monoisotopic (exact) mass is 1030 g/mol. The van der Waals surface area contributed by atoms with E-state index in [9.17, 15) is 0 Å². The first-order valence-corrected chi connectivity index (χ1v) is 26.9. The van der Waals surface area contributed by atoms with Crippen LogP contribution in [0.15, 0.2) is 183 Å². The summed E-state index contributed by atoms with van der Waals surface area (Å²) in [5, 5.41) is 56.7. The average molecular weight is 1030 g/mol.